The first-order valence-corrected chi connectivity index (χ1v) is 6.73. The number of morpholine rings is 1. The van der Waals surface area contributed by atoms with Crippen LogP contribution in [-0.4, -0.2) is 50.3 Å². The van der Waals surface area contributed by atoms with Crippen molar-refractivity contribution in [3.05, 3.63) is 0 Å². The maximum Gasteiger partial charge on any atom is 0.0674 e. The van der Waals surface area contributed by atoms with E-state index in [-0.39, 0.29) is 0 Å². The molecule has 3 heteroatoms. The molecule has 1 rings (SSSR count). The van der Waals surface area contributed by atoms with Gasteiger partial charge in [0.15, 0.2) is 0 Å². The van der Waals surface area contributed by atoms with Crippen molar-refractivity contribution >= 4 is 0 Å². The van der Waals surface area contributed by atoms with Crippen LogP contribution in [0.5, 0.6) is 0 Å². The minimum absolute atomic E-state index is 0.424. The van der Waals surface area contributed by atoms with Gasteiger partial charge in [-0.15, -0.1) is 0 Å². The summed E-state index contributed by atoms with van der Waals surface area (Å²) in [6.45, 7) is 13.3. The zero-order valence-corrected chi connectivity index (χ0v) is 11.2. The van der Waals surface area contributed by atoms with E-state index >= 15 is 0 Å². The predicted molar refractivity (Wildman–Crippen MR) is 68.8 cm³/mol. The lowest BCUT2D eigenvalue weighted by Gasteiger charge is -2.31. The Hall–Kier alpha value is -0.120. The molecule has 1 fully saturated rings. The number of nitrogens with one attached hydrogen (secondary N) is 1. The Balaban J connectivity index is 1.90. The first kappa shape index (κ1) is 13.9. The lowest BCUT2D eigenvalue weighted by atomic mass is 10.2. The summed E-state index contributed by atoms with van der Waals surface area (Å²) in [6.07, 6.45) is 3.02. The van der Waals surface area contributed by atoms with Crippen molar-refractivity contribution in [2.75, 3.05) is 39.3 Å². The fourth-order valence-electron chi connectivity index (χ4n) is 2.07. The third-order valence-corrected chi connectivity index (χ3v) is 2.96. The molecular weight excluding hydrogens is 200 g/mol. The van der Waals surface area contributed by atoms with Gasteiger partial charge in [0.05, 0.1) is 12.7 Å². The highest BCUT2D eigenvalue weighted by atomic mass is 16.5. The highest BCUT2D eigenvalue weighted by molar-refractivity contribution is 4.67. The SMILES string of the molecule is CC(C)CNCCCCN1CCOC(C)C1. The summed E-state index contributed by atoms with van der Waals surface area (Å²) in [6, 6.07) is 0. The number of unbranched alkanes of at least 4 members (excludes halogenated alkanes) is 1. The summed E-state index contributed by atoms with van der Waals surface area (Å²) in [5.74, 6) is 0.764. The number of hydrogen-bond donors (Lipinski definition) is 1. The van der Waals surface area contributed by atoms with Gasteiger partial charge in [0, 0.05) is 13.1 Å². The average Bonchev–Trinajstić information content (AvgIpc) is 2.23. The van der Waals surface area contributed by atoms with Crippen molar-refractivity contribution in [1.29, 1.82) is 0 Å². The largest absolute Gasteiger partial charge is 0.376 e. The second-order valence-electron chi connectivity index (χ2n) is 5.29. The molecule has 3 nitrogen and oxygen atoms in total. The van der Waals surface area contributed by atoms with E-state index in [1.165, 1.54) is 19.4 Å². The van der Waals surface area contributed by atoms with Gasteiger partial charge in [0.1, 0.15) is 0 Å². The molecule has 0 bridgehead atoms. The van der Waals surface area contributed by atoms with Gasteiger partial charge in [0.2, 0.25) is 0 Å². The Morgan fingerprint density at radius 3 is 2.88 bits per heavy atom. The van der Waals surface area contributed by atoms with Crippen molar-refractivity contribution < 1.29 is 4.74 Å². The zero-order valence-electron chi connectivity index (χ0n) is 11.2. The van der Waals surface area contributed by atoms with E-state index in [2.05, 4.69) is 31.0 Å². The summed E-state index contributed by atoms with van der Waals surface area (Å²) in [5.41, 5.74) is 0. The van der Waals surface area contributed by atoms with Gasteiger partial charge < -0.3 is 10.1 Å². The van der Waals surface area contributed by atoms with Gasteiger partial charge in [-0.3, -0.25) is 4.90 Å². The Morgan fingerprint density at radius 1 is 1.38 bits per heavy atom. The van der Waals surface area contributed by atoms with Crippen molar-refractivity contribution in [3.8, 4) is 0 Å². The molecule has 0 aromatic rings. The highest BCUT2D eigenvalue weighted by Crippen LogP contribution is 2.05. The van der Waals surface area contributed by atoms with Gasteiger partial charge in [-0.25, -0.2) is 0 Å². The average molecular weight is 228 g/mol. The Labute approximate surface area is 101 Å². The van der Waals surface area contributed by atoms with Crippen molar-refractivity contribution in [1.82, 2.24) is 10.2 Å². The maximum atomic E-state index is 5.53. The van der Waals surface area contributed by atoms with Crippen molar-refractivity contribution in [2.24, 2.45) is 5.92 Å². The quantitative estimate of drug-likeness (QED) is 0.672. The predicted octanol–water partition coefficient (Wildman–Crippen LogP) is 1.73. The molecule has 1 saturated heterocycles. The molecule has 1 unspecified atom stereocenters. The fourth-order valence-corrected chi connectivity index (χ4v) is 2.07. The lowest BCUT2D eigenvalue weighted by molar-refractivity contribution is -0.0185. The summed E-state index contributed by atoms with van der Waals surface area (Å²) in [7, 11) is 0. The summed E-state index contributed by atoms with van der Waals surface area (Å²) in [5, 5.41) is 3.49. The molecule has 1 aliphatic heterocycles. The minimum atomic E-state index is 0.424. The second-order valence-corrected chi connectivity index (χ2v) is 5.29. The summed E-state index contributed by atoms with van der Waals surface area (Å²) in [4.78, 5) is 2.52. The van der Waals surface area contributed by atoms with Crippen molar-refractivity contribution in [3.63, 3.8) is 0 Å². The molecule has 1 heterocycles. The van der Waals surface area contributed by atoms with Crippen LogP contribution >= 0.6 is 0 Å². The van der Waals surface area contributed by atoms with E-state index < -0.39 is 0 Å². The van der Waals surface area contributed by atoms with Gasteiger partial charge >= 0.3 is 0 Å². The number of rotatable bonds is 7. The van der Waals surface area contributed by atoms with E-state index in [0.717, 1.165) is 38.7 Å². The van der Waals surface area contributed by atoms with Crippen LogP contribution in [-0.2, 0) is 4.74 Å². The van der Waals surface area contributed by atoms with Gasteiger partial charge in [-0.05, 0) is 45.3 Å². The number of nitrogens with zero attached hydrogens (tertiary/aromatic N) is 1. The smallest absolute Gasteiger partial charge is 0.0674 e. The third kappa shape index (κ3) is 6.46. The summed E-state index contributed by atoms with van der Waals surface area (Å²) >= 11 is 0. The fraction of sp³-hybridized carbons (Fsp3) is 1.00. The van der Waals surface area contributed by atoms with Crippen LogP contribution in [0.15, 0.2) is 0 Å². The van der Waals surface area contributed by atoms with Gasteiger partial charge in [-0.1, -0.05) is 13.8 Å². The lowest BCUT2D eigenvalue weighted by Crippen LogP contribution is -2.41. The van der Waals surface area contributed by atoms with Gasteiger partial charge in [-0.2, -0.15) is 0 Å². The van der Waals surface area contributed by atoms with Crippen LogP contribution in [0.25, 0.3) is 0 Å². The number of hydrogen-bond acceptors (Lipinski definition) is 3. The van der Waals surface area contributed by atoms with E-state index in [1.807, 2.05) is 0 Å². The van der Waals surface area contributed by atoms with Crippen LogP contribution < -0.4 is 5.32 Å². The van der Waals surface area contributed by atoms with Gasteiger partial charge in [0.25, 0.3) is 0 Å². The molecule has 1 aliphatic rings. The van der Waals surface area contributed by atoms with E-state index in [1.54, 1.807) is 0 Å². The first-order valence-electron chi connectivity index (χ1n) is 6.73. The standard InChI is InChI=1S/C13H28N2O/c1-12(2)10-14-6-4-5-7-15-8-9-16-13(3)11-15/h12-14H,4-11H2,1-3H3. The highest BCUT2D eigenvalue weighted by Gasteiger charge is 2.15. The number of ether oxygens (including phenoxy) is 1. The molecule has 1 N–H and O–H groups in total. The van der Waals surface area contributed by atoms with E-state index in [0.29, 0.717) is 6.10 Å². The molecule has 0 spiro atoms. The maximum absolute atomic E-state index is 5.53. The monoisotopic (exact) mass is 228 g/mol. The normalized spacial score (nSPS) is 22.9. The first-order chi connectivity index (χ1) is 7.68. The Morgan fingerprint density at radius 2 is 2.19 bits per heavy atom. The molecule has 0 aliphatic carbocycles. The molecule has 0 aromatic heterocycles. The molecule has 0 aromatic carbocycles. The van der Waals surface area contributed by atoms with E-state index in [9.17, 15) is 0 Å². The minimum Gasteiger partial charge on any atom is -0.376 e. The molecule has 0 radical (unpaired) electrons. The summed E-state index contributed by atoms with van der Waals surface area (Å²) < 4.78 is 5.53. The molecule has 96 valence electrons. The van der Waals surface area contributed by atoms with Crippen LogP contribution in [0.1, 0.15) is 33.6 Å². The Bertz CT molecular complexity index is 173. The van der Waals surface area contributed by atoms with Crippen molar-refractivity contribution in [2.45, 2.75) is 39.7 Å². The molecule has 16 heavy (non-hydrogen) atoms. The topological polar surface area (TPSA) is 24.5 Å². The van der Waals surface area contributed by atoms with Crippen LogP contribution in [0, 0.1) is 5.92 Å². The molecule has 0 amide bonds. The zero-order chi connectivity index (χ0) is 11.8. The van der Waals surface area contributed by atoms with Crippen LogP contribution in [0.2, 0.25) is 0 Å². The molecule has 1 atom stereocenters. The van der Waals surface area contributed by atoms with Crippen LogP contribution in [0.3, 0.4) is 0 Å². The molecule has 0 saturated carbocycles. The second kappa shape index (κ2) is 8.04. The molecular formula is C13H28N2O. The van der Waals surface area contributed by atoms with Crippen LogP contribution in [0.4, 0.5) is 0 Å². The third-order valence-electron chi connectivity index (χ3n) is 2.96. The van der Waals surface area contributed by atoms with E-state index in [4.69, 9.17) is 4.74 Å². The Kier molecular flexibility index (Phi) is 7.01.